The van der Waals surface area contributed by atoms with Gasteiger partial charge in [-0.3, -0.25) is 4.90 Å². The highest BCUT2D eigenvalue weighted by Gasteiger charge is 2.43. The number of nitrogens with zero attached hydrogens (tertiary/aromatic N) is 4. The monoisotopic (exact) mass is 326 g/mol. The summed E-state index contributed by atoms with van der Waals surface area (Å²) in [6.07, 6.45) is 1.81. The van der Waals surface area contributed by atoms with Gasteiger partial charge < -0.3 is 14.7 Å². The highest BCUT2D eigenvalue weighted by atomic mass is 16.5. The molecule has 126 valence electrons. The van der Waals surface area contributed by atoms with Crippen molar-refractivity contribution in [2.24, 2.45) is 0 Å². The summed E-state index contributed by atoms with van der Waals surface area (Å²) in [7, 11) is 0. The number of morpholine rings is 1. The summed E-state index contributed by atoms with van der Waals surface area (Å²) in [6, 6.07) is 11.9. The third-order valence-electron chi connectivity index (χ3n) is 4.96. The standard InChI is InChI=1S/C18H22N4O2/c23-13-18-12-21(8-9-22(18)10-11-24-14-18)16-6-7-19-17(20-16)15-4-2-1-3-5-15/h1-7,23H,8-14H2. The second-order valence-corrected chi connectivity index (χ2v) is 6.45. The van der Waals surface area contributed by atoms with Crippen LogP contribution in [-0.2, 0) is 4.74 Å². The second-order valence-electron chi connectivity index (χ2n) is 6.45. The fourth-order valence-corrected chi connectivity index (χ4v) is 3.58. The van der Waals surface area contributed by atoms with Crippen molar-refractivity contribution in [1.82, 2.24) is 14.9 Å². The van der Waals surface area contributed by atoms with E-state index in [-0.39, 0.29) is 12.1 Å². The Balaban J connectivity index is 1.60. The lowest BCUT2D eigenvalue weighted by Crippen LogP contribution is -2.69. The molecule has 0 bridgehead atoms. The number of benzene rings is 1. The molecule has 3 heterocycles. The number of ether oxygens (including phenoxy) is 1. The highest BCUT2D eigenvalue weighted by molar-refractivity contribution is 5.57. The molecule has 1 aromatic carbocycles. The van der Waals surface area contributed by atoms with Crippen molar-refractivity contribution in [1.29, 1.82) is 0 Å². The molecule has 1 atom stereocenters. The van der Waals surface area contributed by atoms with Crippen LogP contribution in [-0.4, -0.2) is 71.5 Å². The van der Waals surface area contributed by atoms with E-state index in [1.54, 1.807) is 6.20 Å². The fourth-order valence-electron chi connectivity index (χ4n) is 3.58. The van der Waals surface area contributed by atoms with E-state index in [0.717, 1.165) is 50.0 Å². The lowest BCUT2D eigenvalue weighted by Gasteiger charge is -2.52. The summed E-state index contributed by atoms with van der Waals surface area (Å²) in [6.45, 7) is 4.81. The summed E-state index contributed by atoms with van der Waals surface area (Å²) in [4.78, 5) is 13.7. The van der Waals surface area contributed by atoms with E-state index in [0.29, 0.717) is 6.61 Å². The molecule has 0 amide bonds. The van der Waals surface area contributed by atoms with Crippen LogP contribution in [0.15, 0.2) is 42.6 Å². The smallest absolute Gasteiger partial charge is 0.161 e. The van der Waals surface area contributed by atoms with Gasteiger partial charge in [0.15, 0.2) is 5.82 Å². The number of rotatable bonds is 3. The van der Waals surface area contributed by atoms with Gasteiger partial charge in [-0.15, -0.1) is 0 Å². The van der Waals surface area contributed by atoms with E-state index < -0.39 is 0 Å². The zero-order valence-corrected chi connectivity index (χ0v) is 13.6. The molecule has 0 radical (unpaired) electrons. The zero-order valence-electron chi connectivity index (χ0n) is 13.6. The van der Waals surface area contributed by atoms with Crippen LogP contribution >= 0.6 is 0 Å². The predicted molar refractivity (Wildman–Crippen MR) is 91.9 cm³/mol. The van der Waals surface area contributed by atoms with Gasteiger partial charge in [-0.25, -0.2) is 9.97 Å². The van der Waals surface area contributed by atoms with Crippen molar-refractivity contribution >= 4 is 5.82 Å². The van der Waals surface area contributed by atoms with Gasteiger partial charge in [0, 0.05) is 37.9 Å². The minimum Gasteiger partial charge on any atom is -0.394 e. The molecule has 2 aromatic rings. The molecule has 0 aliphatic carbocycles. The normalized spacial score (nSPS) is 24.6. The van der Waals surface area contributed by atoms with Crippen LogP contribution in [0.1, 0.15) is 0 Å². The molecule has 1 N–H and O–H groups in total. The van der Waals surface area contributed by atoms with Crippen LogP contribution in [0.25, 0.3) is 11.4 Å². The van der Waals surface area contributed by atoms with E-state index in [2.05, 4.69) is 14.8 Å². The number of hydrogen-bond donors (Lipinski definition) is 1. The first-order valence-electron chi connectivity index (χ1n) is 8.38. The maximum absolute atomic E-state index is 9.99. The molecule has 2 fully saturated rings. The SMILES string of the molecule is OCC12COCCN1CCN(c1ccnc(-c3ccccc3)n1)C2. The van der Waals surface area contributed by atoms with Gasteiger partial charge in [0.25, 0.3) is 0 Å². The number of aliphatic hydroxyl groups excluding tert-OH is 1. The minimum absolute atomic E-state index is 0.0973. The Morgan fingerprint density at radius 2 is 2.00 bits per heavy atom. The molecule has 1 unspecified atom stereocenters. The number of fused-ring (bicyclic) bond motifs is 1. The molecular formula is C18H22N4O2. The third-order valence-corrected chi connectivity index (χ3v) is 4.96. The van der Waals surface area contributed by atoms with E-state index in [4.69, 9.17) is 9.72 Å². The quantitative estimate of drug-likeness (QED) is 0.909. The van der Waals surface area contributed by atoms with Gasteiger partial charge in [0.1, 0.15) is 5.82 Å². The minimum atomic E-state index is -0.325. The molecule has 24 heavy (non-hydrogen) atoms. The summed E-state index contributed by atoms with van der Waals surface area (Å²) < 4.78 is 5.65. The number of piperazine rings is 1. The van der Waals surface area contributed by atoms with Gasteiger partial charge in [-0.2, -0.15) is 0 Å². The largest absolute Gasteiger partial charge is 0.394 e. The van der Waals surface area contributed by atoms with Crippen LogP contribution in [0, 0.1) is 0 Å². The first kappa shape index (κ1) is 15.5. The maximum Gasteiger partial charge on any atom is 0.161 e. The zero-order chi connectivity index (χ0) is 16.4. The highest BCUT2D eigenvalue weighted by Crippen LogP contribution is 2.28. The molecule has 6 nitrogen and oxygen atoms in total. The van der Waals surface area contributed by atoms with Gasteiger partial charge in [-0.1, -0.05) is 30.3 Å². The van der Waals surface area contributed by atoms with E-state index in [9.17, 15) is 5.11 Å². The van der Waals surface area contributed by atoms with Crippen LogP contribution < -0.4 is 4.90 Å². The van der Waals surface area contributed by atoms with Gasteiger partial charge >= 0.3 is 0 Å². The molecular weight excluding hydrogens is 304 g/mol. The Morgan fingerprint density at radius 1 is 1.12 bits per heavy atom. The van der Waals surface area contributed by atoms with Crippen molar-refractivity contribution in [2.45, 2.75) is 5.54 Å². The summed E-state index contributed by atoms with van der Waals surface area (Å²) in [5.41, 5.74) is 0.685. The molecule has 2 aliphatic rings. The average molecular weight is 326 g/mol. The third kappa shape index (κ3) is 2.77. The number of aliphatic hydroxyl groups is 1. The van der Waals surface area contributed by atoms with Crippen molar-refractivity contribution in [3.63, 3.8) is 0 Å². The van der Waals surface area contributed by atoms with Crippen LogP contribution in [0.3, 0.4) is 0 Å². The molecule has 4 rings (SSSR count). The van der Waals surface area contributed by atoms with Crippen molar-refractivity contribution in [2.75, 3.05) is 50.9 Å². The summed E-state index contributed by atoms with van der Waals surface area (Å²) in [5.74, 6) is 1.63. The predicted octanol–water partition coefficient (Wildman–Crippen LogP) is 1.03. The Bertz CT molecular complexity index is 696. The Morgan fingerprint density at radius 3 is 2.83 bits per heavy atom. The molecule has 6 heteroatoms. The van der Waals surface area contributed by atoms with Gasteiger partial charge in [-0.05, 0) is 6.07 Å². The fraction of sp³-hybridized carbons (Fsp3) is 0.444. The van der Waals surface area contributed by atoms with Gasteiger partial charge in [0.05, 0.1) is 25.4 Å². The topological polar surface area (TPSA) is 61.7 Å². The molecule has 2 saturated heterocycles. The number of hydrogen-bond acceptors (Lipinski definition) is 6. The maximum atomic E-state index is 9.99. The molecule has 1 aromatic heterocycles. The van der Waals surface area contributed by atoms with Crippen molar-refractivity contribution in [3.8, 4) is 11.4 Å². The van der Waals surface area contributed by atoms with Gasteiger partial charge in [0.2, 0.25) is 0 Å². The Hall–Kier alpha value is -2.02. The number of aromatic nitrogens is 2. The van der Waals surface area contributed by atoms with E-state index in [1.165, 1.54) is 0 Å². The van der Waals surface area contributed by atoms with Crippen molar-refractivity contribution < 1.29 is 9.84 Å². The first-order valence-corrected chi connectivity index (χ1v) is 8.38. The van der Waals surface area contributed by atoms with Crippen LogP contribution in [0.4, 0.5) is 5.82 Å². The van der Waals surface area contributed by atoms with E-state index in [1.807, 2.05) is 36.4 Å². The van der Waals surface area contributed by atoms with Crippen LogP contribution in [0.5, 0.6) is 0 Å². The lowest BCUT2D eigenvalue weighted by atomic mass is 9.94. The average Bonchev–Trinajstić information content (AvgIpc) is 2.68. The van der Waals surface area contributed by atoms with Crippen LogP contribution in [0.2, 0.25) is 0 Å². The Kier molecular flexibility index (Phi) is 4.18. The molecule has 0 spiro atoms. The molecule has 0 saturated carbocycles. The summed E-state index contributed by atoms with van der Waals surface area (Å²) in [5, 5.41) is 9.99. The summed E-state index contributed by atoms with van der Waals surface area (Å²) >= 11 is 0. The lowest BCUT2D eigenvalue weighted by molar-refractivity contribution is -0.0951. The Labute approximate surface area is 141 Å². The van der Waals surface area contributed by atoms with E-state index >= 15 is 0 Å². The first-order chi connectivity index (χ1) is 11.8. The van der Waals surface area contributed by atoms with Crippen molar-refractivity contribution in [3.05, 3.63) is 42.6 Å². The second kappa shape index (κ2) is 6.47. The number of anilines is 1. The molecule has 2 aliphatic heterocycles.